The molecule has 1 aliphatic heterocycles. The first-order valence-corrected chi connectivity index (χ1v) is 11.8. The maximum absolute atomic E-state index is 13.9. The van der Waals surface area contributed by atoms with Crippen LogP contribution in [0.2, 0.25) is 5.02 Å². The Hall–Kier alpha value is -3.68. The molecule has 1 aromatic heterocycles. The van der Waals surface area contributed by atoms with Crippen LogP contribution in [-0.4, -0.2) is 34.1 Å². The maximum Gasteiger partial charge on any atom is 0.281 e. The van der Waals surface area contributed by atoms with Crippen LogP contribution in [0.3, 0.4) is 0 Å². The highest BCUT2D eigenvalue weighted by molar-refractivity contribution is 7.80. The summed E-state index contributed by atoms with van der Waals surface area (Å²) in [7, 11) is 1.78. The van der Waals surface area contributed by atoms with Crippen LogP contribution >= 0.6 is 23.8 Å². The third-order valence-corrected chi connectivity index (χ3v) is 6.59. The van der Waals surface area contributed by atoms with Crippen molar-refractivity contribution in [2.75, 3.05) is 18.6 Å². The van der Waals surface area contributed by atoms with Gasteiger partial charge in [-0.1, -0.05) is 41.9 Å². The summed E-state index contributed by atoms with van der Waals surface area (Å²) < 4.78 is 21.6. The van der Waals surface area contributed by atoms with Gasteiger partial charge in [0, 0.05) is 34.7 Å². The molecule has 4 aromatic rings. The van der Waals surface area contributed by atoms with E-state index in [9.17, 15) is 9.18 Å². The minimum atomic E-state index is -0.390. The van der Waals surface area contributed by atoms with Crippen LogP contribution in [0.5, 0.6) is 5.75 Å². The molecule has 0 spiro atoms. The minimum Gasteiger partial charge on any atom is -0.489 e. The molecule has 5 nitrogen and oxygen atoms in total. The fourth-order valence-corrected chi connectivity index (χ4v) is 4.53. The highest BCUT2D eigenvalue weighted by Gasteiger charge is 2.37. The summed E-state index contributed by atoms with van der Waals surface area (Å²) in [5, 5.41) is 1.97. The van der Waals surface area contributed by atoms with Crippen molar-refractivity contribution >= 4 is 57.5 Å². The zero-order valence-electron chi connectivity index (χ0n) is 18.8. The van der Waals surface area contributed by atoms with E-state index in [0.717, 1.165) is 16.5 Å². The fourth-order valence-electron chi connectivity index (χ4n) is 4.11. The number of rotatable bonds is 6. The quantitative estimate of drug-likeness (QED) is 0.234. The molecule has 1 amide bonds. The van der Waals surface area contributed by atoms with Gasteiger partial charge in [0.2, 0.25) is 0 Å². The number of ether oxygens (including phenoxy) is 1. The number of nitrogens with zero attached hydrogens (tertiary/aromatic N) is 3. The summed E-state index contributed by atoms with van der Waals surface area (Å²) >= 11 is 11.6. The van der Waals surface area contributed by atoms with E-state index in [1.165, 1.54) is 11.0 Å². The molecular formula is C27H21ClFN3O2S. The van der Waals surface area contributed by atoms with Crippen LogP contribution in [0.1, 0.15) is 5.56 Å². The number of fused-ring (bicyclic) bond motifs is 1. The minimum absolute atomic E-state index is 0.209. The van der Waals surface area contributed by atoms with E-state index < -0.39 is 0 Å². The molecule has 1 fully saturated rings. The van der Waals surface area contributed by atoms with Crippen LogP contribution in [0.4, 0.5) is 10.1 Å². The summed E-state index contributed by atoms with van der Waals surface area (Å²) in [6.45, 7) is 0.806. The van der Waals surface area contributed by atoms with Gasteiger partial charge in [-0.3, -0.25) is 9.69 Å². The molecule has 8 heteroatoms. The smallest absolute Gasteiger partial charge is 0.281 e. The first kappa shape index (κ1) is 23.1. The third kappa shape index (κ3) is 4.40. The van der Waals surface area contributed by atoms with Gasteiger partial charge in [0.25, 0.3) is 5.91 Å². The van der Waals surface area contributed by atoms with Gasteiger partial charge < -0.3 is 14.2 Å². The van der Waals surface area contributed by atoms with E-state index in [4.69, 9.17) is 28.6 Å². The second kappa shape index (κ2) is 9.52. The molecule has 1 saturated heterocycles. The SMILES string of the molecule is CN1C(=S)N(c2ccc(Cl)cc2)C(=O)/C1=C/c1cn(CCOc2ccccc2F)c2ccccc12. The molecule has 0 bridgehead atoms. The molecule has 0 atom stereocenters. The Labute approximate surface area is 212 Å². The van der Waals surface area contributed by atoms with Gasteiger partial charge in [-0.05, 0) is 60.8 Å². The molecule has 5 rings (SSSR count). The highest BCUT2D eigenvalue weighted by Crippen LogP contribution is 2.31. The fraction of sp³-hybridized carbons (Fsp3) is 0.111. The first-order valence-electron chi connectivity index (χ1n) is 11.0. The topological polar surface area (TPSA) is 37.7 Å². The lowest BCUT2D eigenvalue weighted by Gasteiger charge is -2.16. The van der Waals surface area contributed by atoms with Crippen molar-refractivity contribution in [2.45, 2.75) is 6.54 Å². The normalized spacial score (nSPS) is 15.0. The lowest BCUT2D eigenvalue weighted by atomic mass is 10.1. The number of carbonyl (C=O) groups is 1. The lowest BCUT2D eigenvalue weighted by molar-refractivity contribution is -0.114. The number of amides is 1. The highest BCUT2D eigenvalue weighted by atomic mass is 35.5. The number of hydrogen-bond acceptors (Lipinski definition) is 3. The van der Waals surface area contributed by atoms with Gasteiger partial charge in [-0.25, -0.2) is 4.39 Å². The Morgan fingerprint density at radius 2 is 1.74 bits per heavy atom. The standard InChI is InChI=1S/C27H21ClFN3O2S/c1-30-24(26(33)32(27(30)35)20-12-10-19(28)11-13-20)16-18-17-31(23-8-4-2-6-21(18)23)14-15-34-25-9-5-3-7-22(25)29/h2-13,16-17H,14-15H2,1H3/b24-16-. The van der Waals surface area contributed by atoms with Crippen LogP contribution in [0.15, 0.2) is 84.7 Å². The number of para-hydroxylation sites is 2. The van der Waals surface area contributed by atoms with Crippen molar-refractivity contribution in [3.63, 3.8) is 0 Å². The lowest BCUT2D eigenvalue weighted by Crippen LogP contribution is -2.31. The molecule has 1 aliphatic rings. The van der Waals surface area contributed by atoms with Crippen molar-refractivity contribution in [3.8, 4) is 5.75 Å². The Morgan fingerprint density at radius 1 is 1.03 bits per heavy atom. The van der Waals surface area contributed by atoms with Crippen LogP contribution in [0, 0.1) is 5.82 Å². The number of hydrogen-bond donors (Lipinski definition) is 0. The predicted octanol–water partition coefficient (Wildman–Crippen LogP) is 6.12. The van der Waals surface area contributed by atoms with Gasteiger partial charge in [0.1, 0.15) is 12.3 Å². The summed E-state index contributed by atoms with van der Waals surface area (Å²) in [4.78, 5) is 16.6. The number of anilines is 1. The molecule has 176 valence electrons. The van der Waals surface area contributed by atoms with Crippen molar-refractivity contribution < 1.29 is 13.9 Å². The number of benzene rings is 3. The predicted molar refractivity (Wildman–Crippen MR) is 141 cm³/mol. The van der Waals surface area contributed by atoms with Crippen molar-refractivity contribution in [2.24, 2.45) is 0 Å². The second-order valence-corrected chi connectivity index (χ2v) is 8.86. The number of aromatic nitrogens is 1. The Morgan fingerprint density at radius 3 is 2.51 bits per heavy atom. The van der Waals surface area contributed by atoms with Gasteiger partial charge in [0.15, 0.2) is 16.7 Å². The molecule has 0 saturated carbocycles. The molecule has 0 radical (unpaired) electrons. The van der Waals surface area contributed by atoms with E-state index in [1.54, 1.807) is 54.4 Å². The average molecular weight is 506 g/mol. The van der Waals surface area contributed by atoms with Crippen LogP contribution in [0.25, 0.3) is 17.0 Å². The Kier molecular flexibility index (Phi) is 6.28. The van der Waals surface area contributed by atoms with Crippen LogP contribution in [-0.2, 0) is 11.3 Å². The molecule has 35 heavy (non-hydrogen) atoms. The molecule has 0 N–H and O–H groups in total. The van der Waals surface area contributed by atoms with E-state index in [-0.39, 0.29) is 17.5 Å². The van der Waals surface area contributed by atoms with Gasteiger partial charge in [-0.15, -0.1) is 0 Å². The molecular weight excluding hydrogens is 485 g/mol. The van der Waals surface area contributed by atoms with Crippen molar-refractivity contribution in [3.05, 3.63) is 101 Å². The van der Waals surface area contributed by atoms with Gasteiger partial charge in [0.05, 0.1) is 12.2 Å². The number of likely N-dealkylation sites (N-methyl/N-ethyl adjacent to an activating group) is 1. The summed E-state index contributed by atoms with van der Waals surface area (Å²) in [6.07, 6.45) is 3.82. The Bertz CT molecular complexity index is 1470. The number of thiocarbonyl (C=S) groups is 1. The van der Waals surface area contributed by atoms with E-state index in [1.807, 2.05) is 41.1 Å². The average Bonchev–Trinajstić information content (AvgIpc) is 3.31. The van der Waals surface area contributed by atoms with Crippen molar-refractivity contribution in [1.82, 2.24) is 9.47 Å². The molecule has 2 heterocycles. The van der Waals surface area contributed by atoms with Crippen molar-refractivity contribution in [1.29, 1.82) is 0 Å². The first-order chi connectivity index (χ1) is 16.9. The second-order valence-electron chi connectivity index (χ2n) is 8.06. The van der Waals surface area contributed by atoms with E-state index >= 15 is 0 Å². The third-order valence-electron chi connectivity index (χ3n) is 5.88. The zero-order chi connectivity index (χ0) is 24.5. The van der Waals surface area contributed by atoms with E-state index in [2.05, 4.69) is 0 Å². The summed E-state index contributed by atoms with van der Waals surface area (Å²) in [6, 6.07) is 21.3. The number of halogens is 2. The van der Waals surface area contributed by atoms with Gasteiger partial charge >= 0.3 is 0 Å². The largest absolute Gasteiger partial charge is 0.489 e. The summed E-state index contributed by atoms with van der Waals surface area (Å²) in [5.41, 5.74) is 2.99. The monoisotopic (exact) mass is 505 g/mol. The molecule has 3 aromatic carbocycles. The van der Waals surface area contributed by atoms with Crippen LogP contribution < -0.4 is 9.64 Å². The maximum atomic E-state index is 13.9. The van der Waals surface area contributed by atoms with E-state index in [0.29, 0.717) is 34.7 Å². The molecule has 0 unspecified atom stereocenters. The number of carbonyl (C=O) groups excluding carboxylic acids is 1. The Balaban J connectivity index is 1.44. The summed E-state index contributed by atoms with van der Waals surface area (Å²) in [5.74, 6) is -0.376. The zero-order valence-corrected chi connectivity index (χ0v) is 20.4. The van der Waals surface area contributed by atoms with Gasteiger partial charge in [-0.2, -0.15) is 0 Å². The molecule has 0 aliphatic carbocycles.